The minimum atomic E-state index is 0.322. The predicted octanol–water partition coefficient (Wildman–Crippen LogP) is 3.57. The number of nitrogens with zero attached hydrogens (tertiary/aromatic N) is 2. The Morgan fingerprint density at radius 2 is 2.17 bits per heavy atom. The molecular formula is C15H17N3. The highest BCUT2D eigenvalue weighted by Gasteiger charge is 2.08. The van der Waals surface area contributed by atoms with Crippen molar-refractivity contribution in [3.63, 3.8) is 0 Å². The number of aromatic amines is 1. The number of hydrogen-bond donors (Lipinski definition) is 1. The van der Waals surface area contributed by atoms with Crippen LogP contribution in [0.25, 0.3) is 11.3 Å². The number of imidazole rings is 1. The molecule has 2 rings (SSSR count). The number of nitrogens with one attached hydrogen (secondary N) is 1. The first-order valence-corrected chi connectivity index (χ1v) is 6.13. The minimum absolute atomic E-state index is 0.322. The van der Waals surface area contributed by atoms with Gasteiger partial charge in [0, 0.05) is 5.56 Å². The van der Waals surface area contributed by atoms with E-state index in [1.165, 1.54) is 11.1 Å². The number of aromatic nitrogens is 2. The third-order valence-electron chi connectivity index (χ3n) is 3.09. The number of nitriles is 1. The molecule has 0 saturated carbocycles. The van der Waals surface area contributed by atoms with Crippen molar-refractivity contribution in [3.8, 4) is 17.3 Å². The number of hydrogen-bond acceptors (Lipinski definition) is 2. The summed E-state index contributed by atoms with van der Waals surface area (Å²) in [5, 5.41) is 8.66. The molecular weight excluding hydrogens is 222 g/mol. The third-order valence-corrected chi connectivity index (χ3v) is 3.09. The van der Waals surface area contributed by atoms with Crippen LogP contribution in [0, 0.1) is 18.3 Å². The topological polar surface area (TPSA) is 52.5 Å². The van der Waals surface area contributed by atoms with Gasteiger partial charge in [0.1, 0.15) is 5.82 Å². The van der Waals surface area contributed by atoms with Crippen molar-refractivity contribution >= 4 is 0 Å². The molecule has 1 aromatic carbocycles. The Morgan fingerprint density at radius 1 is 1.39 bits per heavy atom. The fraction of sp³-hybridized carbons (Fsp3) is 0.333. The Labute approximate surface area is 107 Å². The van der Waals surface area contributed by atoms with Gasteiger partial charge in [-0.15, -0.1) is 0 Å². The van der Waals surface area contributed by atoms with E-state index in [4.69, 9.17) is 5.26 Å². The molecule has 0 bridgehead atoms. The second-order valence-electron chi connectivity index (χ2n) is 4.81. The molecule has 0 spiro atoms. The van der Waals surface area contributed by atoms with Gasteiger partial charge >= 0.3 is 0 Å². The quantitative estimate of drug-likeness (QED) is 0.890. The minimum Gasteiger partial charge on any atom is -0.341 e. The second kappa shape index (κ2) is 5.05. The molecule has 0 aliphatic heterocycles. The van der Waals surface area contributed by atoms with Crippen LogP contribution in [0.5, 0.6) is 0 Å². The van der Waals surface area contributed by atoms with Crippen LogP contribution in [0.3, 0.4) is 0 Å². The summed E-state index contributed by atoms with van der Waals surface area (Å²) in [7, 11) is 0. The van der Waals surface area contributed by atoms with Crippen LogP contribution in [-0.2, 0) is 6.42 Å². The summed E-state index contributed by atoms with van der Waals surface area (Å²) in [5.41, 5.74) is 4.68. The Hall–Kier alpha value is -2.08. The van der Waals surface area contributed by atoms with E-state index in [0.717, 1.165) is 17.1 Å². The molecule has 1 heterocycles. The highest BCUT2D eigenvalue weighted by atomic mass is 14.9. The summed E-state index contributed by atoms with van der Waals surface area (Å²) in [5.74, 6) is 1.23. The van der Waals surface area contributed by atoms with Gasteiger partial charge in [-0.05, 0) is 30.0 Å². The van der Waals surface area contributed by atoms with Crippen molar-refractivity contribution in [3.05, 3.63) is 41.3 Å². The maximum Gasteiger partial charge on any atom is 0.120 e. The van der Waals surface area contributed by atoms with Gasteiger partial charge in [0.25, 0.3) is 0 Å². The fourth-order valence-electron chi connectivity index (χ4n) is 1.95. The average Bonchev–Trinajstić information content (AvgIpc) is 2.78. The molecule has 3 heteroatoms. The summed E-state index contributed by atoms with van der Waals surface area (Å²) in [6, 6.07) is 8.59. The van der Waals surface area contributed by atoms with Crippen LogP contribution in [0.1, 0.15) is 36.7 Å². The first kappa shape index (κ1) is 12.4. The van der Waals surface area contributed by atoms with Crippen molar-refractivity contribution in [1.82, 2.24) is 9.97 Å². The summed E-state index contributed by atoms with van der Waals surface area (Å²) >= 11 is 0. The largest absolute Gasteiger partial charge is 0.341 e. The molecule has 18 heavy (non-hydrogen) atoms. The maximum atomic E-state index is 8.66. The van der Waals surface area contributed by atoms with Gasteiger partial charge in [0.15, 0.2) is 0 Å². The third kappa shape index (κ3) is 2.43. The lowest BCUT2D eigenvalue weighted by molar-refractivity contribution is 0.866. The summed E-state index contributed by atoms with van der Waals surface area (Å²) < 4.78 is 0. The molecule has 0 saturated heterocycles. The highest BCUT2D eigenvalue weighted by molar-refractivity contribution is 5.64. The van der Waals surface area contributed by atoms with Gasteiger partial charge in [-0.25, -0.2) is 4.98 Å². The van der Waals surface area contributed by atoms with Crippen molar-refractivity contribution < 1.29 is 0 Å². The summed E-state index contributed by atoms with van der Waals surface area (Å²) in [6.07, 6.45) is 2.13. The standard InChI is InChI=1S/C15H17N3/c1-10(2)12-5-4-11(3)13(8-12)14-9-17-15(18-14)6-7-16/h4-5,8-10H,6H2,1-3H3,(H,17,18). The number of aryl methyl sites for hydroxylation is 1. The molecule has 1 N–H and O–H groups in total. The fourth-order valence-corrected chi connectivity index (χ4v) is 1.95. The zero-order valence-electron chi connectivity index (χ0n) is 11.0. The van der Waals surface area contributed by atoms with Crippen molar-refractivity contribution in [2.24, 2.45) is 0 Å². The smallest absolute Gasteiger partial charge is 0.120 e. The highest BCUT2D eigenvalue weighted by Crippen LogP contribution is 2.26. The van der Waals surface area contributed by atoms with Gasteiger partial charge in [0.05, 0.1) is 24.4 Å². The lowest BCUT2D eigenvalue weighted by atomic mass is 9.97. The van der Waals surface area contributed by atoms with E-state index in [9.17, 15) is 0 Å². The van der Waals surface area contributed by atoms with E-state index < -0.39 is 0 Å². The molecule has 1 aromatic heterocycles. The normalized spacial score (nSPS) is 10.6. The first-order valence-electron chi connectivity index (χ1n) is 6.13. The Kier molecular flexibility index (Phi) is 3.47. The molecule has 0 radical (unpaired) electrons. The van der Waals surface area contributed by atoms with Gasteiger partial charge in [-0.1, -0.05) is 26.0 Å². The SMILES string of the molecule is Cc1ccc(C(C)C)cc1-c1cnc(CC#N)[nH]1. The zero-order valence-corrected chi connectivity index (χ0v) is 11.0. The number of rotatable bonds is 3. The van der Waals surface area contributed by atoms with E-state index in [2.05, 4.69) is 55.0 Å². The molecule has 0 aliphatic carbocycles. The lowest BCUT2D eigenvalue weighted by Crippen LogP contribution is -1.91. The van der Waals surface area contributed by atoms with E-state index >= 15 is 0 Å². The van der Waals surface area contributed by atoms with Crippen LogP contribution in [0.2, 0.25) is 0 Å². The number of benzene rings is 1. The zero-order chi connectivity index (χ0) is 13.1. The summed E-state index contributed by atoms with van der Waals surface area (Å²) in [4.78, 5) is 7.42. The van der Waals surface area contributed by atoms with Gasteiger partial charge in [0.2, 0.25) is 0 Å². The van der Waals surface area contributed by atoms with Crippen LogP contribution in [-0.4, -0.2) is 9.97 Å². The summed E-state index contributed by atoms with van der Waals surface area (Å²) in [6.45, 7) is 6.45. The lowest BCUT2D eigenvalue weighted by Gasteiger charge is -2.10. The predicted molar refractivity (Wildman–Crippen MR) is 72.2 cm³/mol. The van der Waals surface area contributed by atoms with E-state index in [0.29, 0.717) is 12.3 Å². The van der Waals surface area contributed by atoms with Crippen LogP contribution < -0.4 is 0 Å². The second-order valence-corrected chi connectivity index (χ2v) is 4.81. The van der Waals surface area contributed by atoms with Crippen molar-refractivity contribution in [2.45, 2.75) is 33.1 Å². The Balaban J connectivity index is 2.42. The Bertz CT molecular complexity index is 588. The first-order chi connectivity index (χ1) is 8.61. The van der Waals surface area contributed by atoms with Crippen molar-refractivity contribution in [2.75, 3.05) is 0 Å². The average molecular weight is 239 g/mol. The van der Waals surface area contributed by atoms with Crippen molar-refractivity contribution in [1.29, 1.82) is 5.26 Å². The molecule has 92 valence electrons. The molecule has 3 nitrogen and oxygen atoms in total. The molecule has 0 fully saturated rings. The van der Waals surface area contributed by atoms with E-state index in [1.54, 1.807) is 6.20 Å². The van der Waals surface area contributed by atoms with Crippen LogP contribution in [0.15, 0.2) is 24.4 Å². The molecule has 0 aliphatic rings. The molecule has 0 unspecified atom stereocenters. The van der Waals surface area contributed by atoms with Gasteiger partial charge in [-0.2, -0.15) is 5.26 Å². The molecule has 2 aromatic rings. The monoisotopic (exact) mass is 239 g/mol. The van der Waals surface area contributed by atoms with E-state index in [-0.39, 0.29) is 0 Å². The molecule has 0 amide bonds. The van der Waals surface area contributed by atoms with Gasteiger partial charge < -0.3 is 4.98 Å². The Morgan fingerprint density at radius 3 is 2.83 bits per heavy atom. The van der Waals surface area contributed by atoms with E-state index in [1.807, 2.05) is 0 Å². The van der Waals surface area contributed by atoms with Crippen LogP contribution >= 0.6 is 0 Å². The van der Waals surface area contributed by atoms with Crippen LogP contribution in [0.4, 0.5) is 0 Å². The van der Waals surface area contributed by atoms with Gasteiger partial charge in [-0.3, -0.25) is 0 Å². The molecule has 0 atom stereocenters. The maximum absolute atomic E-state index is 8.66. The number of H-pyrrole nitrogens is 1.